The van der Waals surface area contributed by atoms with E-state index in [-0.39, 0.29) is 5.97 Å². The molecule has 1 aromatic carbocycles. The number of rotatable bonds is 3. The van der Waals surface area contributed by atoms with Crippen molar-refractivity contribution in [2.75, 3.05) is 7.11 Å². The lowest BCUT2D eigenvalue weighted by atomic mass is 9.92. The van der Waals surface area contributed by atoms with Gasteiger partial charge in [-0.3, -0.25) is 0 Å². The normalized spacial score (nSPS) is 15.4. The Hall–Kier alpha value is -2.03. The first-order valence-electron chi connectivity index (χ1n) is 7.91. The number of hydrogen-bond donors (Lipinski definition) is 0. The molecule has 0 bridgehead atoms. The van der Waals surface area contributed by atoms with Gasteiger partial charge in [0, 0.05) is 23.6 Å². The summed E-state index contributed by atoms with van der Waals surface area (Å²) < 4.78 is 7.02. The fraction of sp³-hybridized carbons (Fsp3) is 0.421. The highest BCUT2D eigenvalue weighted by Crippen LogP contribution is 2.42. The predicted octanol–water partition coefficient (Wildman–Crippen LogP) is 4.66. The molecule has 0 atom stereocenters. The summed E-state index contributed by atoms with van der Waals surface area (Å²) in [4.78, 5) is 11.8. The highest BCUT2D eigenvalue weighted by Gasteiger charge is 2.26. The molecule has 3 nitrogen and oxygen atoms in total. The lowest BCUT2D eigenvalue weighted by Crippen LogP contribution is -2.01. The number of aromatic nitrogens is 1. The van der Waals surface area contributed by atoms with E-state index in [4.69, 9.17) is 4.74 Å². The third-order valence-electron chi connectivity index (χ3n) is 4.83. The third kappa shape index (κ3) is 2.25. The zero-order valence-electron chi connectivity index (χ0n) is 13.6. The summed E-state index contributed by atoms with van der Waals surface area (Å²) in [5.74, 6) is 0.321. The predicted molar refractivity (Wildman–Crippen MR) is 90.2 cm³/mol. The molecule has 2 aromatic rings. The molecule has 1 fully saturated rings. The van der Waals surface area contributed by atoms with E-state index in [2.05, 4.69) is 31.2 Å². The van der Waals surface area contributed by atoms with Gasteiger partial charge in [-0.25, -0.2) is 4.79 Å². The molecule has 22 heavy (non-hydrogen) atoms. The van der Waals surface area contributed by atoms with Crippen molar-refractivity contribution < 1.29 is 9.53 Å². The molecule has 1 heterocycles. The molecular formula is C19H23NO2. The fourth-order valence-electron chi connectivity index (χ4n) is 3.85. The first kappa shape index (κ1) is 14.9. The smallest absolute Gasteiger partial charge is 0.337 e. The maximum absolute atomic E-state index is 11.8. The van der Waals surface area contributed by atoms with Crippen molar-refractivity contribution in [3.63, 3.8) is 0 Å². The van der Waals surface area contributed by atoms with Crippen LogP contribution in [0.15, 0.2) is 24.8 Å². The number of nitrogens with zero attached hydrogens (tertiary/aromatic N) is 1. The van der Waals surface area contributed by atoms with E-state index in [1.54, 1.807) is 0 Å². The minimum absolute atomic E-state index is 0.289. The minimum Gasteiger partial charge on any atom is -0.465 e. The van der Waals surface area contributed by atoms with E-state index >= 15 is 0 Å². The Morgan fingerprint density at radius 1 is 1.32 bits per heavy atom. The number of benzene rings is 1. The number of carbonyl (C=O) groups excluding carboxylic acids is 1. The van der Waals surface area contributed by atoms with Gasteiger partial charge in [0.2, 0.25) is 0 Å². The van der Waals surface area contributed by atoms with Crippen LogP contribution < -0.4 is 0 Å². The summed E-state index contributed by atoms with van der Waals surface area (Å²) in [6.45, 7) is 6.24. The zero-order chi connectivity index (χ0) is 15.9. The number of esters is 1. The molecule has 0 aliphatic heterocycles. The summed E-state index contributed by atoms with van der Waals surface area (Å²) in [7, 11) is 3.48. The molecule has 0 unspecified atom stereocenters. The van der Waals surface area contributed by atoms with Gasteiger partial charge in [0.25, 0.3) is 0 Å². The van der Waals surface area contributed by atoms with Crippen LogP contribution in [0.2, 0.25) is 0 Å². The van der Waals surface area contributed by atoms with E-state index in [1.807, 2.05) is 12.1 Å². The second kappa shape index (κ2) is 5.64. The molecule has 1 aliphatic carbocycles. The van der Waals surface area contributed by atoms with Crippen molar-refractivity contribution in [2.24, 2.45) is 7.05 Å². The largest absolute Gasteiger partial charge is 0.465 e. The highest BCUT2D eigenvalue weighted by atomic mass is 16.5. The van der Waals surface area contributed by atoms with Gasteiger partial charge in [0.1, 0.15) is 0 Å². The van der Waals surface area contributed by atoms with Crippen LogP contribution in [0.5, 0.6) is 0 Å². The number of hydrogen-bond acceptors (Lipinski definition) is 2. The number of aryl methyl sites for hydroxylation is 1. The van der Waals surface area contributed by atoms with Gasteiger partial charge in [0.05, 0.1) is 12.7 Å². The fourth-order valence-corrected chi connectivity index (χ4v) is 3.85. The van der Waals surface area contributed by atoms with Crippen LogP contribution >= 0.6 is 0 Å². The van der Waals surface area contributed by atoms with Crippen LogP contribution in [-0.4, -0.2) is 17.6 Å². The average Bonchev–Trinajstić information content (AvgIpc) is 3.12. The summed E-state index contributed by atoms with van der Waals surface area (Å²) in [6.07, 6.45) is 5.10. The summed E-state index contributed by atoms with van der Waals surface area (Å²) in [5.41, 5.74) is 5.41. The SMILES string of the molecule is C=C(C)c1c(C2CCCC2)c2ccc(C(=O)OC)cc2n1C. The molecular weight excluding hydrogens is 274 g/mol. The van der Waals surface area contributed by atoms with Crippen molar-refractivity contribution in [2.45, 2.75) is 38.5 Å². The van der Waals surface area contributed by atoms with Crippen LogP contribution in [0, 0.1) is 0 Å². The number of methoxy groups -OCH3 is 1. The van der Waals surface area contributed by atoms with E-state index in [0.717, 1.165) is 11.1 Å². The topological polar surface area (TPSA) is 31.2 Å². The van der Waals surface area contributed by atoms with Crippen LogP contribution in [-0.2, 0) is 11.8 Å². The lowest BCUT2D eigenvalue weighted by Gasteiger charge is -2.13. The Balaban J connectivity index is 2.26. The molecule has 3 heteroatoms. The summed E-state index contributed by atoms with van der Waals surface area (Å²) in [5, 5.41) is 1.25. The van der Waals surface area contributed by atoms with Crippen LogP contribution in [0.4, 0.5) is 0 Å². The number of carbonyl (C=O) groups is 1. The van der Waals surface area contributed by atoms with Gasteiger partial charge in [-0.1, -0.05) is 25.5 Å². The number of allylic oxidation sites excluding steroid dienone is 1. The minimum atomic E-state index is -0.289. The first-order chi connectivity index (χ1) is 10.5. The lowest BCUT2D eigenvalue weighted by molar-refractivity contribution is 0.0601. The molecule has 116 valence electrons. The third-order valence-corrected chi connectivity index (χ3v) is 4.83. The van der Waals surface area contributed by atoms with E-state index in [9.17, 15) is 4.79 Å². The van der Waals surface area contributed by atoms with Gasteiger partial charge in [-0.05, 0) is 49.0 Å². The number of fused-ring (bicyclic) bond motifs is 1. The molecule has 1 saturated carbocycles. The van der Waals surface area contributed by atoms with Crippen molar-refractivity contribution >= 4 is 22.4 Å². The Morgan fingerprint density at radius 3 is 2.59 bits per heavy atom. The molecule has 0 amide bonds. The Labute approximate surface area is 131 Å². The monoisotopic (exact) mass is 297 g/mol. The quantitative estimate of drug-likeness (QED) is 0.772. The van der Waals surface area contributed by atoms with Crippen molar-refractivity contribution in [1.82, 2.24) is 4.57 Å². The molecule has 1 aliphatic rings. The van der Waals surface area contributed by atoms with Gasteiger partial charge in [0.15, 0.2) is 0 Å². The van der Waals surface area contributed by atoms with Crippen LogP contribution in [0.1, 0.15) is 60.1 Å². The first-order valence-corrected chi connectivity index (χ1v) is 7.91. The molecule has 0 spiro atoms. The van der Waals surface area contributed by atoms with E-state index in [1.165, 1.54) is 49.4 Å². The standard InChI is InChI=1S/C19H23NO2/c1-12(2)18-17(13-7-5-6-8-13)15-10-9-14(19(21)22-4)11-16(15)20(18)3/h9-11,13H,1,5-8H2,2-4H3. The highest BCUT2D eigenvalue weighted by molar-refractivity contribution is 5.97. The Bertz CT molecular complexity index is 748. The maximum Gasteiger partial charge on any atom is 0.337 e. The maximum atomic E-state index is 11.8. The molecule has 1 aromatic heterocycles. The van der Waals surface area contributed by atoms with Crippen molar-refractivity contribution in [3.8, 4) is 0 Å². The molecule has 0 radical (unpaired) electrons. The van der Waals surface area contributed by atoms with Gasteiger partial charge >= 0.3 is 5.97 Å². The van der Waals surface area contributed by atoms with Crippen molar-refractivity contribution in [1.29, 1.82) is 0 Å². The molecule has 0 saturated heterocycles. The van der Waals surface area contributed by atoms with Crippen LogP contribution in [0.25, 0.3) is 16.5 Å². The average molecular weight is 297 g/mol. The Kier molecular flexibility index (Phi) is 3.81. The second-order valence-corrected chi connectivity index (χ2v) is 6.31. The zero-order valence-corrected chi connectivity index (χ0v) is 13.6. The van der Waals surface area contributed by atoms with Crippen molar-refractivity contribution in [3.05, 3.63) is 41.6 Å². The van der Waals surface area contributed by atoms with Gasteiger partial charge in [-0.15, -0.1) is 0 Å². The number of ether oxygens (including phenoxy) is 1. The summed E-state index contributed by atoms with van der Waals surface area (Å²) in [6, 6.07) is 5.88. The van der Waals surface area contributed by atoms with Crippen LogP contribution in [0.3, 0.4) is 0 Å². The molecule has 0 N–H and O–H groups in total. The van der Waals surface area contributed by atoms with E-state index < -0.39 is 0 Å². The molecule has 3 rings (SSSR count). The second-order valence-electron chi connectivity index (χ2n) is 6.31. The van der Waals surface area contributed by atoms with Gasteiger partial charge < -0.3 is 9.30 Å². The van der Waals surface area contributed by atoms with E-state index in [0.29, 0.717) is 11.5 Å². The Morgan fingerprint density at radius 2 is 2.00 bits per heavy atom. The summed E-state index contributed by atoms with van der Waals surface area (Å²) >= 11 is 0. The van der Waals surface area contributed by atoms with Gasteiger partial charge in [-0.2, -0.15) is 0 Å².